The number of rotatable bonds is 9. The molecule has 6 aliphatic rings. The number of ether oxygens (including phenoxy) is 4. The van der Waals surface area contributed by atoms with Crippen LogP contribution in [0.3, 0.4) is 0 Å². The van der Waals surface area contributed by atoms with E-state index in [1.807, 2.05) is 34.1 Å². The number of aliphatic imine (C=N–C) groups is 3. The molecule has 15 heteroatoms. The number of carbonyl (C=O) groups is 4. The minimum Gasteiger partial charge on any atom is -0.451 e. The molecule has 2 saturated carbocycles. The maximum absolute atomic E-state index is 14.4. The highest BCUT2D eigenvalue weighted by molar-refractivity contribution is 6.15. The fraction of sp³-hybridized carbons (Fsp3) is 0.510. The van der Waals surface area contributed by atoms with Crippen molar-refractivity contribution < 1.29 is 38.1 Å². The first-order valence-corrected chi connectivity index (χ1v) is 22.5. The lowest BCUT2D eigenvalue weighted by Crippen LogP contribution is -2.46. The Morgan fingerprint density at radius 2 is 1.52 bits per heavy atom. The van der Waals surface area contributed by atoms with Crippen LogP contribution in [0.25, 0.3) is 16.5 Å². The molecule has 1 N–H and O–H groups in total. The number of nitrogens with zero attached hydrogens (tertiary/aromatic N) is 6. The summed E-state index contributed by atoms with van der Waals surface area (Å²) in [7, 11) is 2.56. The fourth-order valence-electron chi connectivity index (χ4n) is 10.3. The zero-order chi connectivity index (χ0) is 44.4. The van der Waals surface area contributed by atoms with Gasteiger partial charge >= 0.3 is 12.2 Å². The summed E-state index contributed by atoms with van der Waals surface area (Å²) in [5.41, 5.74) is 3.73. The van der Waals surface area contributed by atoms with Crippen molar-refractivity contribution >= 4 is 58.6 Å². The predicted molar refractivity (Wildman–Crippen MR) is 240 cm³/mol. The minimum atomic E-state index is -0.728. The van der Waals surface area contributed by atoms with Gasteiger partial charge in [-0.3, -0.25) is 14.6 Å². The number of imidazole rings is 1. The molecule has 3 aromatic rings. The van der Waals surface area contributed by atoms with E-state index in [1.54, 1.807) is 6.20 Å². The molecule has 64 heavy (non-hydrogen) atoms. The van der Waals surface area contributed by atoms with E-state index in [0.29, 0.717) is 76.0 Å². The third kappa shape index (κ3) is 9.03. The molecule has 4 amide bonds. The number of hydrogen-bond donors (Lipinski definition) is 1. The number of hydrogen-bond acceptors (Lipinski definition) is 10. The second-order valence-electron chi connectivity index (χ2n) is 18.2. The Morgan fingerprint density at radius 1 is 0.875 bits per heavy atom. The summed E-state index contributed by atoms with van der Waals surface area (Å²) < 4.78 is 20.6. The Hall–Kier alpha value is -5.98. The second kappa shape index (κ2) is 18.3. The maximum Gasteiger partial charge on any atom is 0.432 e. The maximum atomic E-state index is 14.4. The number of aromatic amines is 1. The smallest absolute Gasteiger partial charge is 0.432 e. The first kappa shape index (κ1) is 43.3. The topological polar surface area (TPSA) is 177 Å². The standard InChI is InChI=1S/C49H55N7O8/c1-31(53-42-25-49(42)29-48(16-17-48)30-56(49)45(58)40(28-52-47(60)62-3)34-14-21-64-22-15-34)35-9-10-36-23-32(6-8-37(36)24-35)7-11-38-26-50-43(54-38)41-5-4-18-55(41)44(57)39(27-51-46(59)61-2)33-12-19-63-20-13-33/h6,8-10,23-24,26-28,33-34,39-41H,1,4-5,12-22,25,29-30H2,2-3H3,(H,50,54)/b51-27+,52-28-,53-42?/t39?,40?,41-,49?/m0/s1. The molecule has 3 unspecified atom stereocenters. The van der Waals surface area contributed by atoms with Crippen LogP contribution in [0, 0.1) is 40.9 Å². The Labute approximate surface area is 372 Å². The lowest BCUT2D eigenvalue weighted by Gasteiger charge is -2.32. The van der Waals surface area contributed by atoms with E-state index in [2.05, 4.69) is 50.5 Å². The van der Waals surface area contributed by atoms with Crippen LogP contribution in [-0.2, 0) is 28.5 Å². The largest absolute Gasteiger partial charge is 0.451 e. The first-order chi connectivity index (χ1) is 31.1. The zero-order valence-electron chi connectivity index (χ0n) is 36.6. The number of fused-ring (bicyclic) bond motifs is 1. The number of H-pyrrole nitrogens is 1. The van der Waals surface area contributed by atoms with E-state index in [1.165, 1.54) is 26.6 Å². The Kier molecular flexibility index (Phi) is 12.3. The molecule has 4 saturated heterocycles. The number of likely N-dealkylation sites (tertiary alicyclic amines) is 2. The number of nitrogens with one attached hydrogen (secondary N) is 1. The molecule has 1 aromatic heterocycles. The van der Waals surface area contributed by atoms with Crippen molar-refractivity contribution in [2.45, 2.75) is 75.8 Å². The van der Waals surface area contributed by atoms with Crippen molar-refractivity contribution in [2.24, 2.45) is 44.1 Å². The highest BCUT2D eigenvalue weighted by Gasteiger charge is 2.69. The van der Waals surface area contributed by atoms with Crippen LogP contribution < -0.4 is 0 Å². The monoisotopic (exact) mass is 869 g/mol. The van der Waals surface area contributed by atoms with Gasteiger partial charge in [-0.15, -0.1) is 0 Å². The molecule has 2 spiro atoms. The second-order valence-corrected chi connectivity index (χ2v) is 18.2. The SMILES string of the molecule is C=C(N=C1CC12CC1(CC1)CN2C(=O)C(/C=N\C(=O)OC)C1CCOCC1)c1ccc2cc(C#Cc3cnc([C@@H]4CCCN4C(=O)C(/C=N/C(=O)OC)C4CCOCC4)[nH]3)ccc2c1. The van der Waals surface area contributed by atoms with Gasteiger partial charge in [-0.2, -0.15) is 9.98 Å². The number of methoxy groups -OCH3 is 2. The lowest BCUT2D eigenvalue weighted by molar-refractivity contribution is -0.137. The van der Waals surface area contributed by atoms with Crippen molar-refractivity contribution in [3.8, 4) is 11.8 Å². The molecule has 0 bridgehead atoms. The van der Waals surface area contributed by atoms with Crippen molar-refractivity contribution in [2.75, 3.05) is 53.7 Å². The zero-order valence-corrected chi connectivity index (χ0v) is 36.6. The van der Waals surface area contributed by atoms with E-state index >= 15 is 0 Å². The molecule has 6 fully saturated rings. The van der Waals surface area contributed by atoms with Gasteiger partial charge in [-0.05, 0) is 110 Å². The van der Waals surface area contributed by atoms with Crippen LogP contribution >= 0.6 is 0 Å². The molecule has 4 atom stereocenters. The molecule has 0 radical (unpaired) electrons. The van der Waals surface area contributed by atoms with Crippen LogP contribution in [0.2, 0.25) is 0 Å². The molecule has 334 valence electrons. The Balaban J connectivity index is 0.871. The third-order valence-electron chi connectivity index (χ3n) is 14.2. The van der Waals surface area contributed by atoms with Gasteiger partial charge in [-0.25, -0.2) is 14.6 Å². The molecule has 9 rings (SSSR count). The van der Waals surface area contributed by atoms with Crippen molar-refractivity contribution in [3.63, 3.8) is 0 Å². The van der Waals surface area contributed by atoms with E-state index in [0.717, 1.165) is 72.6 Å². The lowest BCUT2D eigenvalue weighted by atomic mass is 9.85. The summed E-state index contributed by atoms with van der Waals surface area (Å²) in [4.78, 5) is 77.2. The summed E-state index contributed by atoms with van der Waals surface area (Å²) >= 11 is 0. The van der Waals surface area contributed by atoms with Crippen LogP contribution in [0.4, 0.5) is 9.59 Å². The first-order valence-electron chi connectivity index (χ1n) is 22.5. The Bertz CT molecular complexity index is 2480. The third-order valence-corrected chi connectivity index (χ3v) is 14.2. The molecule has 4 aliphatic heterocycles. The average molecular weight is 870 g/mol. The number of carbonyl (C=O) groups excluding carboxylic acids is 4. The van der Waals surface area contributed by atoms with Crippen molar-refractivity contribution in [3.05, 3.63) is 71.8 Å². The molecular formula is C49H55N7O8. The number of benzene rings is 2. The molecular weight excluding hydrogens is 815 g/mol. The van der Waals surface area contributed by atoms with Gasteiger partial charge in [0.15, 0.2) is 0 Å². The van der Waals surface area contributed by atoms with Gasteiger partial charge in [0.05, 0.1) is 49.5 Å². The van der Waals surface area contributed by atoms with Crippen LogP contribution in [-0.4, -0.2) is 121 Å². The van der Waals surface area contributed by atoms with Crippen LogP contribution in [0.1, 0.15) is 92.9 Å². The molecule has 15 nitrogen and oxygen atoms in total. The van der Waals surface area contributed by atoms with Gasteiger partial charge in [-0.1, -0.05) is 30.7 Å². The molecule has 2 aliphatic carbocycles. The Morgan fingerprint density at radius 3 is 2.17 bits per heavy atom. The van der Waals surface area contributed by atoms with E-state index < -0.39 is 29.6 Å². The highest BCUT2D eigenvalue weighted by Crippen LogP contribution is 2.64. The normalized spacial score (nSPS) is 24.7. The van der Waals surface area contributed by atoms with Crippen LogP contribution in [0.5, 0.6) is 0 Å². The van der Waals surface area contributed by atoms with Gasteiger partial charge in [0.2, 0.25) is 11.8 Å². The number of amides is 4. The van der Waals surface area contributed by atoms with E-state index in [-0.39, 0.29) is 35.1 Å². The van der Waals surface area contributed by atoms with Gasteiger partial charge < -0.3 is 33.7 Å². The van der Waals surface area contributed by atoms with Gasteiger partial charge in [0.1, 0.15) is 11.5 Å². The van der Waals surface area contributed by atoms with E-state index in [4.69, 9.17) is 23.9 Å². The summed E-state index contributed by atoms with van der Waals surface area (Å²) in [6.45, 7) is 7.95. The average Bonchev–Trinajstić information content (AvgIpc) is 3.96. The van der Waals surface area contributed by atoms with Crippen molar-refractivity contribution in [1.29, 1.82) is 0 Å². The van der Waals surface area contributed by atoms with Crippen LogP contribution in [0.15, 0.2) is 64.2 Å². The van der Waals surface area contributed by atoms with Gasteiger partial charge in [0, 0.05) is 75.2 Å². The quantitative estimate of drug-likeness (QED) is 0.176. The van der Waals surface area contributed by atoms with Crippen molar-refractivity contribution in [1.82, 2.24) is 19.8 Å². The summed E-state index contributed by atoms with van der Waals surface area (Å²) in [5, 5.41) is 2.05. The fourth-order valence-corrected chi connectivity index (χ4v) is 10.3. The predicted octanol–water partition coefficient (Wildman–Crippen LogP) is 6.95. The summed E-state index contributed by atoms with van der Waals surface area (Å²) in [6, 6.07) is 12.0. The number of aromatic nitrogens is 2. The minimum absolute atomic E-state index is 0.00397. The van der Waals surface area contributed by atoms with E-state index in [9.17, 15) is 19.2 Å². The molecule has 2 aromatic carbocycles. The highest BCUT2D eigenvalue weighted by atomic mass is 16.5. The van der Waals surface area contributed by atoms with Gasteiger partial charge in [0.25, 0.3) is 0 Å². The summed E-state index contributed by atoms with van der Waals surface area (Å²) in [6.07, 6.45) is 11.5. The summed E-state index contributed by atoms with van der Waals surface area (Å²) in [5.74, 6) is 6.07. The molecule has 5 heterocycles.